The van der Waals surface area contributed by atoms with E-state index in [9.17, 15) is 9.59 Å². The predicted molar refractivity (Wildman–Crippen MR) is 147 cm³/mol. The highest BCUT2D eigenvalue weighted by Crippen LogP contribution is 2.50. The number of pyridine rings is 1. The topological polar surface area (TPSA) is 84.0 Å². The number of fused-ring (bicyclic) bond motifs is 3. The standard InChI is InChI=1S/C28H25ClN6O2S/c1-2-19-15-38-28-31-12-22(35(19)28)26(36)30-11-21-20-10-17(20)13-33(21)27(37)25-24(16-6-4-3-5-7-16)32-23-9-8-18(29)14-34(23)25/h3-9,12,14-15,17,20-21H,2,10-11,13H2,1H3,(H,30,36)/t17-,20-,21+/m0/s1. The molecule has 1 aliphatic carbocycles. The van der Waals surface area contributed by atoms with Gasteiger partial charge in [0.25, 0.3) is 11.8 Å². The maximum absolute atomic E-state index is 14.2. The Labute approximate surface area is 227 Å². The summed E-state index contributed by atoms with van der Waals surface area (Å²) in [4.78, 5) is 39.3. The van der Waals surface area contributed by atoms with Crippen LogP contribution in [-0.4, -0.2) is 54.6 Å². The van der Waals surface area contributed by atoms with Crippen molar-refractivity contribution in [2.45, 2.75) is 25.8 Å². The zero-order valence-corrected chi connectivity index (χ0v) is 22.2. The lowest BCUT2D eigenvalue weighted by Crippen LogP contribution is -2.46. The summed E-state index contributed by atoms with van der Waals surface area (Å²) in [5.41, 5.74) is 4.26. The molecule has 0 spiro atoms. The second-order valence-corrected chi connectivity index (χ2v) is 11.3. The fraction of sp³-hybridized carbons (Fsp3) is 0.286. The normalized spacial score (nSPS) is 20.3. The maximum atomic E-state index is 14.2. The molecule has 38 heavy (non-hydrogen) atoms. The maximum Gasteiger partial charge on any atom is 0.273 e. The zero-order valence-electron chi connectivity index (χ0n) is 20.7. The van der Waals surface area contributed by atoms with Crippen molar-refractivity contribution in [2.24, 2.45) is 11.8 Å². The van der Waals surface area contributed by atoms with Gasteiger partial charge in [0.1, 0.15) is 22.7 Å². The third-order valence-corrected chi connectivity index (χ3v) is 8.89. The van der Waals surface area contributed by atoms with Gasteiger partial charge in [-0.3, -0.25) is 18.4 Å². The smallest absolute Gasteiger partial charge is 0.273 e. The first-order valence-electron chi connectivity index (χ1n) is 12.8. The molecule has 0 unspecified atom stereocenters. The van der Waals surface area contributed by atoms with Crippen LogP contribution in [0.25, 0.3) is 21.9 Å². The van der Waals surface area contributed by atoms with Gasteiger partial charge in [-0.15, -0.1) is 11.3 Å². The molecule has 1 saturated carbocycles. The van der Waals surface area contributed by atoms with E-state index in [1.54, 1.807) is 22.9 Å². The fourth-order valence-electron chi connectivity index (χ4n) is 5.78. The number of hydrogen-bond acceptors (Lipinski definition) is 5. The number of aryl methyl sites for hydroxylation is 1. The summed E-state index contributed by atoms with van der Waals surface area (Å²) in [6, 6.07) is 13.3. The Morgan fingerprint density at radius 2 is 2.03 bits per heavy atom. The zero-order chi connectivity index (χ0) is 26.0. The number of amides is 2. The van der Waals surface area contributed by atoms with Crippen LogP contribution in [0.5, 0.6) is 0 Å². The Balaban J connectivity index is 1.20. The van der Waals surface area contributed by atoms with E-state index in [1.165, 1.54) is 11.3 Å². The van der Waals surface area contributed by atoms with E-state index in [2.05, 4.69) is 17.2 Å². The van der Waals surface area contributed by atoms with Crippen LogP contribution in [0.1, 0.15) is 40.0 Å². The summed E-state index contributed by atoms with van der Waals surface area (Å²) in [5, 5.41) is 5.68. The minimum Gasteiger partial charge on any atom is -0.349 e. The molecular weight excluding hydrogens is 520 g/mol. The van der Waals surface area contributed by atoms with Gasteiger partial charge in [-0.1, -0.05) is 48.9 Å². The first kappa shape index (κ1) is 23.4. The van der Waals surface area contributed by atoms with Crippen LogP contribution in [-0.2, 0) is 6.42 Å². The number of rotatable bonds is 6. The Hall–Kier alpha value is -3.69. The van der Waals surface area contributed by atoms with Crippen molar-refractivity contribution in [3.63, 3.8) is 0 Å². The number of piperidine rings is 1. The van der Waals surface area contributed by atoms with Crippen LogP contribution >= 0.6 is 22.9 Å². The van der Waals surface area contributed by atoms with Crippen molar-refractivity contribution < 1.29 is 9.59 Å². The number of thiazole rings is 1. The molecule has 192 valence electrons. The molecule has 5 aromatic rings. The first-order chi connectivity index (χ1) is 18.5. The van der Waals surface area contributed by atoms with Crippen molar-refractivity contribution in [1.29, 1.82) is 0 Å². The summed E-state index contributed by atoms with van der Waals surface area (Å²) in [6.07, 6.45) is 5.27. The first-order valence-corrected chi connectivity index (χ1v) is 14.0. The molecule has 4 aromatic heterocycles. The Bertz CT molecular complexity index is 1710. The highest BCUT2D eigenvalue weighted by atomic mass is 35.5. The summed E-state index contributed by atoms with van der Waals surface area (Å²) < 4.78 is 3.71. The lowest BCUT2D eigenvalue weighted by Gasteiger charge is -2.28. The lowest BCUT2D eigenvalue weighted by atomic mass is 10.1. The summed E-state index contributed by atoms with van der Waals surface area (Å²) in [5.74, 6) is 0.589. The Kier molecular flexibility index (Phi) is 5.52. The third-order valence-electron chi connectivity index (χ3n) is 7.78. The Morgan fingerprint density at radius 3 is 2.84 bits per heavy atom. The number of benzene rings is 1. The van der Waals surface area contributed by atoms with E-state index in [4.69, 9.17) is 16.6 Å². The van der Waals surface area contributed by atoms with Crippen molar-refractivity contribution in [2.75, 3.05) is 13.1 Å². The van der Waals surface area contributed by atoms with Gasteiger partial charge < -0.3 is 10.2 Å². The number of likely N-dealkylation sites (tertiary alicyclic amines) is 1. The fourth-order valence-corrected chi connectivity index (χ4v) is 6.89. The third kappa shape index (κ3) is 3.72. The van der Waals surface area contributed by atoms with Crippen LogP contribution < -0.4 is 5.32 Å². The second-order valence-electron chi connectivity index (χ2n) is 9.99. The average molecular weight is 545 g/mol. The molecule has 0 bridgehead atoms. The molecule has 2 aliphatic rings. The molecule has 7 rings (SSSR count). The minimum atomic E-state index is -0.173. The van der Waals surface area contributed by atoms with E-state index >= 15 is 0 Å². The van der Waals surface area contributed by atoms with Gasteiger partial charge in [-0.05, 0) is 36.8 Å². The van der Waals surface area contributed by atoms with Gasteiger partial charge in [0.15, 0.2) is 4.96 Å². The monoisotopic (exact) mass is 544 g/mol. The summed E-state index contributed by atoms with van der Waals surface area (Å²) in [7, 11) is 0. The van der Waals surface area contributed by atoms with E-state index in [1.807, 2.05) is 51.1 Å². The van der Waals surface area contributed by atoms with Gasteiger partial charge >= 0.3 is 0 Å². The molecular formula is C28H25ClN6O2S. The number of halogens is 1. The van der Waals surface area contributed by atoms with E-state index < -0.39 is 0 Å². The highest BCUT2D eigenvalue weighted by molar-refractivity contribution is 7.15. The van der Waals surface area contributed by atoms with E-state index in [0.29, 0.717) is 52.7 Å². The predicted octanol–water partition coefficient (Wildman–Crippen LogP) is 4.82. The van der Waals surface area contributed by atoms with Crippen LogP contribution in [0, 0.1) is 11.8 Å². The number of carbonyl (C=O) groups is 2. The molecule has 1 aliphatic heterocycles. The second kappa shape index (κ2) is 8.96. The molecule has 2 fully saturated rings. The largest absolute Gasteiger partial charge is 0.349 e. The number of hydrogen-bond donors (Lipinski definition) is 1. The van der Waals surface area contributed by atoms with Gasteiger partial charge in [-0.2, -0.15) is 0 Å². The Morgan fingerprint density at radius 1 is 1.18 bits per heavy atom. The van der Waals surface area contributed by atoms with Crippen LogP contribution in [0.2, 0.25) is 5.02 Å². The molecule has 1 aromatic carbocycles. The molecule has 1 N–H and O–H groups in total. The number of imidazole rings is 2. The molecule has 10 heteroatoms. The van der Waals surface area contributed by atoms with Gasteiger partial charge in [-0.25, -0.2) is 9.97 Å². The number of carbonyl (C=O) groups excluding carboxylic acids is 2. The van der Waals surface area contributed by atoms with Crippen LogP contribution in [0.4, 0.5) is 0 Å². The number of aromatic nitrogens is 4. The van der Waals surface area contributed by atoms with Crippen molar-refractivity contribution in [3.05, 3.63) is 82.3 Å². The average Bonchev–Trinajstić information content (AvgIpc) is 3.29. The quantitative estimate of drug-likeness (QED) is 0.332. The number of nitrogens with zero attached hydrogens (tertiary/aromatic N) is 5. The van der Waals surface area contributed by atoms with Gasteiger partial charge in [0.05, 0.1) is 17.3 Å². The van der Waals surface area contributed by atoms with Gasteiger partial charge in [0, 0.05) is 35.9 Å². The molecule has 1 saturated heterocycles. The van der Waals surface area contributed by atoms with E-state index in [0.717, 1.165) is 29.1 Å². The summed E-state index contributed by atoms with van der Waals surface area (Å²) >= 11 is 7.86. The molecule has 5 heterocycles. The molecule has 8 nitrogen and oxygen atoms in total. The van der Waals surface area contributed by atoms with Gasteiger partial charge in [0.2, 0.25) is 0 Å². The van der Waals surface area contributed by atoms with Crippen LogP contribution in [0.3, 0.4) is 0 Å². The molecule has 0 radical (unpaired) electrons. The van der Waals surface area contributed by atoms with E-state index in [-0.39, 0.29) is 17.9 Å². The van der Waals surface area contributed by atoms with Crippen molar-refractivity contribution in [1.82, 2.24) is 29.0 Å². The highest BCUT2D eigenvalue weighted by Gasteiger charge is 2.54. The minimum absolute atomic E-state index is 0.0821. The molecule has 3 atom stereocenters. The molecule has 2 amide bonds. The lowest BCUT2D eigenvalue weighted by molar-refractivity contribution is 0.0688. The number of nitrogens with one attached hydrogen (secondary N) is 1. The van der Waals surface area contributed by atoms with Crippen molar-refractivity contribution in [3.8, 4) is 11.3 Å². The van der Waals surface area contributed by atoms with Crippen LogP contribution in [0.15, 0.2) is 60.2 Å². The van der Waals surface area contributed by atoms with Crippen molar-refractivity contribution >= 4 is 45.4 Å². The SMILES string of the molecule is CCc1csc2ncc(C(=O)NC[C@@H]3[C@H]4C[C@H]4CN3C(=O)c3c(-c4ccccc4)nc4ccc(Cl)cn34)n12. The summed E-state index contributed by atoms with van der Waals surface area (Å²) in [6.45, 7) is 3.13.